The Morgan fingerprint density at radius 2 is 1.60 bits per heavy atom. The molecule has 1 amide bonds. The van der Waals surface area contributed by atoms with Crippen LogP contribution in [0.3, 0.4) is 0 Å². The molecular formula is C15H20F3NO. The minimum absolute atomic E-state index is 0.0163. The molecule has 0 heterocycles. The van der Waals surface area contributed by atoms with Crippen molar-refractivity contribution >= 4 is 5.91 Å². The first-order chi connectivity index (χ1) is 8.99. The lowest BCUT2D eigenvalue weighted by molar-refractivity contribution is -0.137. The molecule has 0 atom stereocenters. The first-order valence-corrected chi connectivity index (χ1v) is 6.39. The molecular weight excluding hydrogens is 267 g/mol. The van der Waals surface area contributed by atoms with Gasteiger partial charge in [-0.05, 0) is 23.1 Å². The van der Waals surface area contributed by atoms with Gasteiger partial charge in [-0.25, -0.2) is 0 Å². The Bertz CT molecular complexity index is 457. The number of benzene rings is 1. The van der Waals surface area contributed by atoms with E-state index in [4.69, 9.17) is 0 Å². The average Bonchev–Trinajstić information content (AvgIpc) is 2.26. The predicted octanol–water partition coefficient (Wildman–Crippen LogP) is 4.10. The molecule has 0 aliphatic heterocycles. The van der Waals surface area contributed by atoms with E-state index < -0.39 is 11.7 Å². The maximum atomic E-state index is 12.4. The van der Waals surface area contributed by atoms with Crippen molar-refractivity contribution < 1.29 is 18.0 Å². The lowest BCUT2D eigenvalue weighted by Crippen LogP contribution is -2.29. The van der Waals surface area contributed by atoms with Crippen LogP contribution in [0.15, 0.2) is 24.3 Å². The Labute approximate surface area is 117 Å². The Morgan fingerprint density at radius 1 is 1.10 bits per heavy atom. The molecule has 0 bridgehead atoms. The van der Waals surface area contributed by atoms with E-state index >= 15 is 0 Å². The van der Waals surface area contributed by atoms with Crippen molar-refractivity contribution in [1.29, 1.82) is 0 Å². The average molecular weight is 287 g/mol. The Balaban J connectivity index is 2.67. The first-order valence-electron chi connectivity index (χ1n) is 6.39. The molecule has 112 valence electrons. The van der Waals surface area contributed by atoms with E-state index in [-0.39, 0.29) is 11.3 Å². The van der Waals surface area contributed by atoms with Gasteiger partial charge in [0.2, 0.25) is 5.91 Å². The standard InChI is InChI=1S/C15H20F3NO/c1-14(2,3)9-13(20)19(4)10-11-5-7-12(8-6-11)15(16,17)18/h5-8H,9-10H2,1-4H3. The summed E-state index contributed by atoms with van der Waals surface area (Å²) in [5, 5.41) is 0. The van der Waals surface area contributed by atoms with Gasteiger partial charge >= 0.3 is 6.18 Å². The molecule has 0 saturated heterocycles. The molecule has 5 heteroatoms. The highest BCUT2D eigenvalue weighted by atomic mass is 19.4. The number of halogens is 3. The van der Waals surface area contributed by atoms with Gasteiger partial charge in [0.15, 0.2) is 0 Å². The number of rotatable bonds is 3. The van der Waals surface area contributed by atoms with E-state index in [9.17, 15) is 18.0 Å². The Kier molecular flexibility index (Phi) is 4.84. The summed E-state index contributed by atoms with van der Waals surface area (Å²) in [7, 11) is 1.66. The van der Waals surface area contributed by atoms with Crippen molar-refractivity contribution in [2.45, 2.75) is 39.9 Å². The number of carbonyl (C=O) groups excluding carboxylic acids is 1. The largest absolute Gasteiger partial charge is 0.416 e. The maximum absolute atomic E-state index is 12.4. The van der Waals surface area contributed by atoms with Gasteiger partial charge in [-0.3, -0.25) is 4.79 Å². The van der Waals surface area contributed by atoms with Gasteiger partial charge in [0.05, 0.1) is 5.56 Å². The summed E-state index contributed by atoms with van der Waals surface area (Å²) in [6.45, 7) is 6.22. The van der Waals surface area contributed by atoms with Crippen LogP contribution in [0.1, 0.15) is 38.3 Å². The van der Waals surface area contributed by atoms with Crippen molar-refractivity contribution in [1.82, 2.24) is 4.90 Å². The van der Waals surface area contributed by atoms with E-state index in [1.54, 1.807) is 7.05 Å². The van der Waals surface area contributed by atoms with Crippen LogP contribution < -0.4 is 0 Å². The monoisotopic (exact) mass is 287 g/mol. The third-order valence-electron chi connectivity index (χ3n) is 2.81. The SMILES string of the molecule is CN(Cc1ccc(C(F)(F)F)cc1)C(=O)CC(C)(C)C. The van der Waals surface area contributed by atoms with Crippen LogP contribution in [-0.4, -0.2) is 17.9 Å². The van der Waals surface area contributed by atoms with E-state index in [0.29, 0.717) is 18.5 Å². The molecule has 0 aliphatic rings. The fraction of sp³-hybridized carbons (Fsp3) is 0.533. The number of amides is 1. The van der Waals surface area contributed by atoms with Crippen molar-refractivity contribution in [2.75, 3.05) is 7.05 Å². The molecule has 0 saturated carbocycles. The fourth-order valence-electron chi connectivity index (χ4n) is 1.75. The molecule has 0 aliphatic carbocycles. The second-order valence-electron chi connectivity index (χ2n) is 6.18. The van der Waals surface area contributed by atoms with Crippen LogP contribution in [0.2, 0.25) is 0 Å². The molecule has 0 radical (unpaired) electrons. The van der Waals surface area contributed by atoms with Gasteiger partial charge in [0.25, 0.3) is 0 Å². The molecule has 2 nitrogen and oxygen atoms in total. The second kappa shape index (κ2) is 5.85. The fourth-order valence-corrected chi connectivity index (χ4v) is 1.75. The molecule has 1 aromatic rings. The number of hydrogen-bond acceptors (Lipinski definition) is 1. The quantitative estimate of drug-likeness (QED) is 0.819. The Hall–Kier alpha value is -1.52. The highest BCUT2D eigenvalue weighted by Gasteiger charge is 2.30. The number of alkyl halides is 3. The van der Waals surface area contributed by atoms with E-state index in [1.807, 2.05) is 20.8 Å². The topological polar surface area (TPSA) is 20.3 Å². The molecule has 0 unspecified atom stereocenters. The summed E-state index contributed by atoms with van der Waals surface area (Å²) in [6.07, 6.45) is -3.92. The van der Waals surface area contributed by atoms with Crippen LogP contribution in [0.5, 0.6) is 0 Å². The lowest BCUT2D eigenvalue weighted by atomic mass is 9.91. The summed E-state index contributed by atoms with van der Waals surface area (Å²) in [4.78, 5) is 13.5. The zero-order valence-corrected chi connectivity index (χ0v) is 12.2. The Morgan fingerprint density at radius 3 is 2.00 bits per heavy atom. The molecule has 0 N–H and O–H groups in total. The van der Waals surface area contributed by atoms with Crippen molar-refractivity contribution in [2.24, 2.45) is 5.41 Å². The highest BCUT2D eigenvalue weighted by Crippen LogP contribution is 2.29. The van der Waals surface area contributed by atoms with Gasteiger partial charge < -0.3 is 4.90 Å². The number of hydrogen-bond donors (Lipinski definition) is 0. The molecule has 1 rings (SSSR count). The summed E-state index contributed by atoms with van der Waals surface area (Å²) < 4.78 is 37.3. The summed E-state index contributed by atoms with van der Waals surface area (Å²) >= 11 is 0. The minimum Gasteiger partial charge on any atom is -0.341 e. The van der Waals surface area contributed by atoms with Crippen molar-refractivity contribution in [3.8, 4) is 0 Å². The number of carbonyl (C=O) groups is 1. The number of nitrogens with zero attached hydrogens (tertiary/aromatic N) is 1. The van der Waals surface area contributed by atoms with Gasteiger partial charge in [0, 0.05) is 20.0 Å². The van der Waals surface area contributed by atoms with E-state index in [2.05, 4.69) is 0 Å². The van der Waals surface area contributed by atoms with Crippen LogP contribution >= 0.6 is 0 Å². The molecule has 1 aromatic carbocycles. The smallest absolute Gasteiger partial charge is 0.341 e. The molecule has 0 spiro atoms. The first kappa shape index (κ1) is 16.5. The van der Waals surface area contributed by atoms with Crippen LogP contribution in [0.25, 0.3) is 0 Å². The van der Waals surface area contributed by atoms with Gasteiger partial charge in [0.1, 0.15) is 0 Å². The third-order valence-corrected chi connectivity index (χ3v) is 2.81. The van der Waals surface area contributed by atoms with Gasteiger partial charge in [-0.2, -0.15) is 13.2 Å². The maximum Gasteiger partial charge on any atom is 0.416 e. The zero-order valence-electron chi connectivity index (χ0n) is 12.2. The van der Waals surface area contributed by atoms with Gasteiger partial charge in [-0.1, -0.05) is 32.9 Å². The second-order valence-corrected chi connectivity index (χ2v) is 6.18. The normalized spacial score (nSPS) is 12.3. The predicted molar refractivity (Wildman–Crippen MR) is 72.0 cm³/mol. The summed E-state index contributed by atoms with van der Waals surface area (Å²) in [5.74, 6) is -0.0163. The third kappa shape index (κ3) is 5.23. The van der Waals surface area contributed by atoms with Crippen LogP contribution in [-0.2, 0) is 17.5 Å². The van der Waals surface area contributed by atoms with Crippen LogP contribution in [0.4, 0.5) is 13.2 Å². The highest BCUT2D eigenvalue weighted by molar-refractivity contribution is 5.76. The minimum atomic E-state index is -4.33. The summed E-state index contributed by atoms with van der Waals surface area (Å²) in [5.41, 5.74) is -0.0986. The zero-order chi connectivity index (χ0) is 15.6. The van der Waals surface area contributed by atoms with E-state index in [0.717, 1.165) is 12.1 Å². The van der Waals surface area contributed by atoms with E-state index in [1.165, 1.54) is 17.0 Å². The van der Waals surface area contributed by atoms with Gasteiger partial charge in [-0.15, -0.1) is 0 Å². The lowest BCUT2D eigenvalue weighted by Gasteiger charge is -2.23. The van der Waals surface area contributed by atoms with Crippen molar-refractivity contribution in [3.63, 3.8) is 0 Å². The molecule has 0 aromatic heterocycles. The van der Waals surface area contributed by atoms with Crippen molar-refractivity contribution in [3.05, 3.63) is 35.4 Å². The van der Waals surface area contributed by atoms with Crippen LogP contribution in [0, 0.1) is 5.41 Å². The molecule has 20 heavy (non-hydrogen) atoms. The molecule has 0 fully saturated rings. The summed E-state index contributed by atoms with van der Waals surface area (Å²) in [6, 6.07) is 4.89.